The number of pyridine rings is 1. The molecule has 0 fully saturated rings. The SMILES string of the molecule is CCCCCCCCCC(NCCC)c1cc(C)ccn1. The summed E-state index contributed by atoms with van der Waals surface area (Å²) in [4.78, 5) is 4.57. The van der Waals surface area contributed by atoms with Gasteiger partial charge in [0.15, 0.2) is 0 Å². The number of unbranched alkanes of at least 4 members (excludes halogenated alkanes) is 6. The fourth-order valence-corrected chi connectivity index (χ4v) is 2.73. The molecule has 1 aromatic rings. The predicted molar refractivity (Wildman–Crippen MR) is 92.6 cm³/mol. The summed E-state index contributed by atoms with van der Waals surface area (Å²) in [5.41, 5.74) is 2.53. The molecule has 1 unspecified atom stereocenters. The highest BCUT2D eigenvalue weighted by molar-refractivity contribution is 5.17. The normalized spacial score (nSPS) is 12.5. The van der Waals surface area contributed by atoms with E-state index in [4.69, 9.17) is 0 Å². The summed E-state index contributed by atoms with van der Waals surface area (Å²) < 4.78 is 0. The lowest BCUT2D eigenvalue weighted by Crippen LogP contribution is -2.23. The van der Waals surface area contributed by atoms with E-state index in [9.17, 15) is 0 Å². The first-order valence-electron chi connectivity index (χ1n) is 8.93. The topological polar surface area (TPSA) is 24.9 Å². The fourth-order valence-electron chi connectivity index (χ4n) is 2.73. The van der Waals surface area contributed by atoms with Gasteiger partial charge in [-0.05, 0) is 44.0 Å². The maximum atomic E-state index is 4.57. The van der Waals surface area contributed by atoms with Gasteiger partial charge < -0.3 is 5.32 Å². The molecule has 1 aromatic heterocycles. The molecule has 0 saturated heterocycles. The van der Waals surface area contributed by atoms with Crippen LogP contribution in [0.4, 0.5) is 0 Å². The van der Waals surface area contributed by atoms with Crippen molar-refractivity contribution in [1.29, 1.82) is 0 Å². The third-order valence-corrected chi connectivity index (χ3v) is 4.03. The molecule has 0 aliphatic heterocycles. The van der Waals surface area contributed by atoms with E-state index < -0.39 is 0 Å². The average molecular weight is 290 g/mol. The summed E-state index contributed by atoms with van der Waals surface area (Å²) >= 11 is 0. The summed E-state index contributed by atoms with van der Waals surface area (Å²) in [5.74, 6) is 0. The highest BCUT2D eigenvalue weighted by atomic mass is 14.9. The van der Waals surface area contributed by atoms with Crippen LogP contribution in [-0.4, -0.2) is 11.5 Å². The summed E-state index contributed by atoms with van der Waals surface area (Å²) in [7, 11) is 0. The van der Waals surface area contributed by atoms with Gasteiger partial charge in [0.2, 0.25) is 0 Å². The second-order valence-electron chi connectivity index (χ2n) is 6.17. The van der Waals surface area contributed by atoms with Crippen molar-refractivity contribution in [3.63, 3.8) is 0 Å². The average Bonchev–Trinajstić information content (AvgIpc) is 2.49. The number of hydrogen-bond donors (Lipinski definition) is 1. The first kappa shape index (κ1) is 18.2. The van der Waals surface area contributed by atoms with Crippen molar-refractivity contribution in [2.45, 2.75) is 84.6 Å². The molecule has 1 N–H and O–H groups in total. The first-order chi connectivity index (χ1) is 10.3. The van der Waals surface area contributed by atoms with Crippen molar-refractivity contribution < 1.29 is 0 Å². The highest BCUT2D eigenvalue weighted by Crippen LogP contribution is 2.19. The number of hydrogen-bond acceptors (Lipinski definition) is 2. The molecule has 1 atom stereocenters. The largest absolute Gasteiger partial charge is 0.309 e. The number of aryl methyl sites for hydroxylation is 1. The molecule has 2 heteroatoms. The van der Waals surface area contributed by atoms with Crippen LogP contribution in [0, 0.1) is 6.92 Å². The molecule has 2 nitrogen and oxygen atoms in total. The summed E-state index contributed by atoms with van der Waals surface area (Å²) in [6.45, 7) is 7.73. The van der Waals surface area contributed by atoms with E-state index in [2.05, 4.69) is 43.2 Å². The quantitative estimate of drug-likeness (QED) is 0.509. The van der Waals surface area contributed by atoms with Crippen molar-refractivity contribution in [2.75, 3.05) is 6.54 Å². The molecule has 0 aromatic carbocycles. The van der Waals surface area contributed by atoms with Crippen molar-refractivity contribution >= 4 is 0 Å². The molecule has 0 radical (unpaired) electrons. The van der Waals surface area contributed by atoms with E-state index in [1.165, 1.54) is 69.0 Å². The van der Waals surface area contributed by atoms with Crippen molar-refractivity contribution in [3.05, 3.63) is 29.6 Å². The maximum Gasteiger partial charge on any atom is 0.0575 e. The third-order valence-electron chi connectivity index (χ3n) is 4.03. The Morgan fingerprint density at radius 1 is 1.00 bits per heavy atom. The van der Waals surface area contributed by atoms with E-state index >= 15 is 0 Å². The van der Waals surface area contributed by atoms with Gasteiger partial charge >= 0.3 is 0 Å². The maximum absolute atomic E-state index is 4.57. The fraction of sp³-hybridized carbons (Fsp3) is 0.737. The second-order valence-corrected chi connectivity index (χ2v) is 6.17. The molecule has 0 bridgehead atoms. The number of aromatic nitrogens is 1. The molecule has 0 amide bonds. The van der Waals surface area contributed by atoms with E-state index in [-0.39, 0.29) is 0 Å². The van der Waals surface area contributed by atoms with E-state index in [0.29, 0.717) is 6.04 Å². The van der Waals surface area contributed by atoms with Crippen LogP contribution in [0.15, 0.2) is 18.3 Å². The number of nitrogens with one attached hydrogen (secondary N) is 1. The van der Waals surface area contributed by atoms with Gasteiger partial charge in [-0.15, -0.1) is 0 Å². The minimum absolute atomic E-state index is 0.431. The lowest BCUT2D eigenvalue weighted by molar-refractivity contribution is 0.457. The van der Waals surface area contributed by atoms with Gasteiger partial charge in [0.05, 0.1) is 5.69 Å². The Balaban J connectivity index is 2.33. The smallest absolute Gasteiger partial charge is 0.0575 e. The van der Waals surface area contributed by atoms with Gasteiger partial charge in [0, 0.05) is 12.2 Å². The van der Waals surface area contributed by atoms with Gasteiger partial charge in [-0.2, -0.15) is 0 Å². The van der Waals surface area contributed by atoms with Gasteiger partial charge in [-0.25, -0.2) is 0 Å². The zero-order valence-corrected chi connectivity index (χ0v) is 14.3. The molecule has 0 aliphatic rings. The van der Waals surface area contributed by atoms with Crippen LogP contribution < -0.4 is 5.32 Å². The minimum Gasteiger partial charge on any atom is -0.309 e. The van der Waals surface area contributed by atoms with Gasteiger partial charge in [-0.3, -0.25) is 4.98 Å². The molecule has 0 aliphatic carbocycles. The minimum atomic E-state index is 0.431. The Bertz CT molecular complexity index is 362. The van der Waals surface area contributed by atoms with Crippen molar-refractivity contribution in [3.8, 4) is 0 Å². The van der Waals surface area contributed by atoms with Crippen LogP contribution >= 0.6 is 0 Å². The lowest BCUT2D eigenvalue weighted by atomic mass is 10.0. The van der Waals surface area contributed by atoms with Crippen LogP contribution in [0.25, 0.3) is 0 Å². The first-order valence-corrected chi connectivity index (χ1v) is 8.93. The molecule has 0 spiro atoms. The second kappa shape index (κ2) is 11.7. The summed E-state index contributed by atoms with van der Waals surface area (Å²) in [5, 5.41) is 3.66. The molecule has 120 valence electrons. The number of rotatable bonds is 12. The third kappa shape index (κ3) is 8.21. The van der Waals surface area contributed by atoms with Crippen LogP contribution in [0.5, 0.6) is 0 Å². The van der Waals surface area contributed by atoms with Gasteiger partial charge in [0.25, 0.3) is 0 Å². The Labute approximate surface area is 131 Å². The van der Waals surface area contributed by atoms with Crippen LogP contribution in [0.3, 0.4) is 0 Å². The van der Waals surface area contributed by atoms with Crippen molar-refractivity contribution in [2.24, 2.45) is 0 Å². The van der Waals surface area contributed by atoms with E-state index in [1.54, 1.807) is 0 Å². The Morgan fingerprint density at radius 3 is 2.38 bits per heavy atom. The van der Waals surface area contributed by atoms with E-state index in [0.717, 1.165) is 6.54 Å². The molecule has 1 rings (SSSR count). The molecule has 21 heavy (non-hydrogen) atoms. The Morgan fingerprint density at radius 2 is 1.71 bits per heavy atom. The Kier molecular flexibility index (Phi) is 10.1. The Hall–Kier alpha value is -0.890. The molecule has 1 heterocycles. The summed E-state index contributed by atoms with van der Waals surface area (Å²) in [6, 6.07) is 4.74. The number of nitrogens with zero attached hydrogens (tertiary/aromatic N) is 1. The van der Waals surface area contributed by atoms with E-state index in [1.807, 2.05) is 6.20 Å². The molecular weight excluding hydrogens is 256 g/mol. The highest BCUT2D eigenvalue weighted by Gasteiger charge is 2.11. The predicted octanol–water partition coefficient (Wildman–Crippen LogP) is 5.57. The van der Waals surface area contributed by atoms with Crippen LogP contribution in [-0.2, 0) is 0 Å². The molecular formula is C19H34N2. The zero-order valence-electron chi connectivity index (χ0n) is 14.3. The van der Waals surface area contributed by atoms with Crippen LogP contribution in [0.1, 0.15) is 88.9 Å². The van der Waals surface area contributed by atoms with Crippen molar-refractivity contribution in [1.82, 2.24) is 10.3 Å². The van der Waals surface area contributed by atoms with Crippen LogP contribution in [0.2, 0.25) is 0 Å². The van der Waals surface area contributed by atoms with Gasteiger partial charge in [-0.1, -0.05) is 58.8 Å². The standard InChI is InChI=1S/C19H34N2/c1-4-6-7-8-9-10-11-12-18(20-14-5-2)19-16-17(3)13-15-21-19/h13,15-16,18,20H,4-12,14H2,1-3H3. The summed E-state index contributed by atoms with van der Waals surface area (Å²) in [6.07, 6.45) is 13.9. The monoisotopic (exact) mass is 290 g/mol. The zero-order chi connectivity index (χ0) is 15.3. The van der Waals surface area contributed by atoms with Gasteiger partial charge in [0.1, 0.15) is 0 Å². The lowest BCUT2D eigenvalue weighted by Gasteiger charge is -2.18. The molecule has 0 saturated carbocycles.